The molecule has 0 bridgehead atoms. The maximum atomic E-state index is 12.3. The molecule has 6 heteroatoms. The van der Waals surface area contributed by atoms with Crippen molar-refractivity contribution in [1.82, 2.24) is 0 Å². The van der Waals surface area contributed by atoms with E-state index in [4.69, 9.17) is 5.73 Å². The van der Waals surface area contributed by atoms with Crippen molar-refractivity contribution < 1.29 is 19.5 Å². The number of rotatable bonds is 4. The Kier molecular flexibility index (Phi) is 4.57. The fourth-order valence-electron chi connectivity index (χ4n) is 2.76. The van der Waals surface area contributed by atoms with Gasteiger partial charge in [-0.1, -0.05) is 25.0 Å². The molecule has 0 aliphatic heterocycles. The number of carbonyl (C=O) groups excluding carboxylic acids is 3. The van der Waals surface area contributed by atoms with Gasteiger partial charge in [0.25, 0.3) is 5.91 Å². The lowest BCUT2D eigenvalue weighted by Gasteiger charge is -2.31. The fourth-order valence-corrected chi connectivity index (χ4v) is 2.76. The fraction of sp³-hybridized carbons (Fsp3) is 0.400. The number of hydrogen-bond acceptors (Lipinski definition) is 4. The van der Waals surface area contributed by atoms with Crippen LogP contribution in [-0.2, 0) is 9.59 Å². The van der Waals surface area contributed by atoms with E-state index in [0.29, 0.717) is 18.5 Å². The summed E-state index contributed by atoms with van der Waals surface area (Å²) in [4.78, 5) is 34.8. The number of carboxylic acid groups (broad SMARTS) is 1. The van der Waals surface area contributed by atoms with Gasteiger partial charge in [-0.25, -0.2) is 0 Å². The molecule has 3 N–H and O–H groups in total. The second kappa shape index (κ2) is 6.39. The Morgan fingerprint density at radius 2 is 1.71 bits per heavy atom. The second-order valence-electron chi connectivity index (χ2n) is 5.22. The molecule has 0 spiro atoms. The smallest absolute Gasteiger partial charge is 0.250 e. The lowest BCUT2D eigenvalue weighted by atomic mass is 9.78. The van der Waals surface area contributed by atoms with Crippen LogP contribution in [0.15, 0.2) is 24.3 Å². The summed E-state index contributed by atoms with van der Waals surface area (Å²) in [6, 6.07) is 6.38. The van der Waals surface area contributed by atoms with Crippen LogP contribution >= 0.6 is 0 Å². The third-order valence-corrected chi connectivity index (χ3v) is 3.86. The zero-order valence-corrected chi connectivity index (χ0v) is 11.5. The van der Waals surface area contributed by atoms with E-state index in [-0.39, 0.29) is 5.56 Å². The SMILES string of the molecule is NC(=O)c1ccccc1NC(=O)[C@@H]1CCCC[C@@H]1C(=O)[O-]. The summed E-state index contributed by atoms with van der Waals surface area (Å²) in [5.41, 5.74) is 5.75. The summed E-state index contributed by atoms with van der Waals surface area (Å²) in [6.45, 7) is 0. The molecule has 2 atom stereocenters. The van der Waals surface area contributed by atoms with E-state index >= 15 is 0 Å². The highest BCUT2D eigenvalue weighted by atomic mass is 16.4. The molecule has 0 radical (unpaired) electrons. The lowest BCUT2D eigenvalue weighted by molar-refractivity contribution is -0.313. The van der Waals surface area contributed by atoms with Gasteiger partial charge >= 0.3 is 0 Å². The minimum atomic E-state index is -1.20. The molecule has 1 aliphatic rings. The van der Waals surface area contributed by atoms with Gasteiger partial charge in [-0.15, -0.1) is 0 Å². The molecule has 0 saturated heterocycles. The number of carbonyl (C=O) groups is 3. The van der Waals surface area contributed by atoms with Crippen LogP contribution in [0.3, 0.4) is 0 Å². The van der Waals surface area contributed by atoms with Gasteiger partial charge in [0.2, 0.25) is 5.91 Å². The molecule has 2 amide bonds. The number of amides is 2. The molecule has 0 aromatic heterocycles. The maximum absolute atomic E-state index is 12.3. The number of nitrogens with one attached hydrogen (secondary N) is 1. The Labute approximate surface area is 122 Å². The first kappa shape index (κ1) is 15.0. The van der Waals surface area contributed by atoms with E-state index in [9.17, 15) is 19.5 Å². The molecule has 1 saturated carbocycles. The highest BCUT2D eigenvalue weighted by Crippen LogP contribution is 2.31. The highest BCUT2D eigenvalue weighted by Gasteiger charge is 2.32. The van der Waals surface area contributed by atoms with Crippen LogP contribution in [0.1, 0.15) is 36.0 Å². The zero-order valence-electron chi connectivity index (χ0n) is 11.5. The maximum Gasteiger partial charge on any atom is 0.250 e. The van der Waals surface area contributed by atoms with Crippen LogP contribution in [0.4, 0.5) is 5.69 Å². The van der Waals surface area contributed by atoms with Gasteiger partial charge in [0.1, 0.15) is 0 Å². The van der Waals surface area contributed by atoms with E-state index in [2.05, 4.69) is 5.32 Å². The summed E-state index contributed by atoms with van der Waals surface area (Å²) in [7, 11) is 0. The lowest BCUT2D eigenvalue weighted by Crippen LogP contribution is -2.42. The van der Waals surface area contributed by atoms with Crippen molar-refractivity contribution in [3.05, 3.63) is 29.8 Å². The number of benzene rings is 1. The molecule has 1 aromatic rings. The van der Waals surface area contributed by atoms with Crippen LogP contribution in [0.2, 0.25) is 0 Å². The van der Waals surface area contributed by atoms with Crippen LogP contribution in [0.25, 0.3) is 0 Å². The molecular weight excluding hydrogens is 272 g/mol. The van der Waals surface area contributed by atoms with Crippen LogP contribution in [0, 0.1) is 11.8 Å². The summed E-state index contributed by atoms with van der Waals surface area (Å²) in [5, 5.41) is 13.7. The normalized spacial score (nSPS) is 21.5. The Morgan fingerprint density at radius 3 is 2.33 bits per heavy atom. The standard InChI is InChI=1S/C15H18N2O4/c16-13(18)11-7-3-4-8-12(11)17-14(19)9-5-1-2-6-10(9)15(20)21/h3-4,7-10H,1-2,5-6H2,(H2,16,18)(H,17,19)(H,20,21)/p-1/t9-,10+/m1/s1. The first-order valence-electron chi connectivity index (χ1n) is 6.91. The molecule has 1 aromatic carbocycles. The Balaban J connectivity index is 2.17. The number of primary amides is 1. The topological polar surface area (TPSA) is 112 Å². The van der Waals surface area contributed by atoms with Gasteiger partial charge in [-0.3, -0.25) is 9.59 Å². The van der Waals surface area contributed by atoms with E-state index in [1.807, 2.05) is 0 Å². The third kappa shape index (κ3) is 3.39. The predicted octanol–water partition coefficient (Wildman–Crippen LogP) is 0.280. The van der Waals surface area contributed by atoms with Crippen LogP contribution < -0.4 is 16.2 Å². The third-order valence-electron chi connectivity index (χ3n) is 3.86. The molecule has 1 fully saturated rings. The summed E-state index contributed by atoms with van der Waals surface area (Å²) >= 11 is 0. The predicted molar refractivity (Wildman–Crippen MR) is 74.0 cm³/mol. The van der Waals surface area contributed by atoms with Gasteiger partial charge in [-0.05, 0) is 25.0 Å². The molecule has 6 nitrogen and oxygen atoms in total. The van der Waals surface area contributed by atoms with Crippen molar-refractivity contribution in [2.45, 2.75) is 25.7 Å². The van der Waals surface area contributed by atoms with Crippen LogP contribution in [0.5, 0.6) is 0 Å². The molecule has 21 heavy (non-hydrogen) atoms. The minimum Gasteiger partial charge on any atom is -0.550 e. The Morgan fingerprint density at radius 1 is 1.10 bits per heavy atom. The van der Waals surface area contributed by atoms with Crippen molar-refractivity contribution in [1.29, 1.82) is 0 Å². The van der Waals surface area contributed by atoms with E-state index in [0.717, 1.165) is 12.8 Å². The van der Waals surface area contributed by atoms with Gasteiger partial charge in [0.05, 0.1) is 11.3 Å². The average molecular weight is 289 g/mol. The zero-order chi connectivity index (χ0) is 15.4. The summed E-state index contributed by atoms with van der Waals surface area (Å²) in [6.07, 6.45) is 2.53. The minimum absolute atomic E-state index is 0.201. The van der Waals surface area contributed by atoms with Gasteiger partial charge in [0, 0.05) is 17.8 Å². The average Bonchev–Trinajstić information content (AvgIpc) is 2.47. The quantitative estimate of drug-likeness (QED) is 0.828. The largest absolute Gasteiger partial charge is 0.550 e. The molecule has 0 unspecified atom stereocenters. The molecule has 0 heterocycles. The van der Waals surface area contributed by atoms with Crippen molar-refractivity contribution >= 4 is 23.5 Å². The van der Waals surface area contributed by atoms with E-state index in [1.165, 1.54) is 6.07 Å². The van der Waals surface area contributed by atoms with E-state index < -0.39 is 29.6 Å². The summed E-state index contributed by atoms with van der Waals surface area (Å²) < 4.78 is 0. The van der Waals surface area contributed by atoms with Gasteiger partial charge < -0.3 is 21.0 Å². The van der Waals surface area contributed by atoms with Gasteiger partial charge in [-0.2, -0.15) is 0 Å². The van der Waals surface area contributed by atoms with Crippen molar-refractivity contribution in [2.24, 2.45) is 17.6 Å². The number of para-hydroxylation sites is 1. The number of carboxylic acids is 1. The molecule has 1 aliphatic carbocycles. The Hall–Kier alpha value is -2.37. The van der Waals surface area contributed by atoms with Crippen molar-refractivity contribution in [3.63, 3.8) is 0 Å². The van der Waals surface area contributed by atoms with Crippen molar-refractivity contribution in [3.8, 4) is 0 Å². The number of nitrogens with two attached hydrogens (primary N) is 1. The number of aliphatic carboxylic acids is 1. The number of anilines is 1. The monoisotopic (exact) mass is 289 g/mol. The summed E-state index contributed by atoms with van der Waals surface area (Å²) in [5.74, 6) is -3.66. The molecule has 2 rings (SSSR count). The first-order chi connectivity index (χ1) is 10.0. The molecular formula is C15H17N2O4-. The van der Waals surface area contributed by atoms with Gasteiger partial charge in [0.15, 0.2) is 0 Å². The first-order valence-corrected chi connectivity index (χ1v) is 6.91. The van der Waals surface area contributed by atoms with E-state index in [1.54, 1.807) is 18.2 Å². The number of hydrogen-bond donors (Lipinski definition) is 2. The van der Waals surface area contributed by atoms with Crippen molar-refractivity contribution in [2.75, 3.05) is 5.32 Å². The highest BCUT2D eigenvalue weighted by molar-refractivity contribution is 6.04. The Bertz CT molecular complexity index is 571. The van der Waals surface area contributed by atoms with Crippen LogP contribution in [-0.4, -0.2) is 17.8 Å². The second-order valence-corrected chi connectivity index (χ2v) is 5.22. The molecule has 112 valence electrons.